The normalized spacial score (nSPS) is 29.5. The van der Waals surface area contributed by atoms with E-state index >= 15 is 0 Å². The van der Waals surface area contributed by atoms with Crippen molar-refractivity contribution in [1.82, 2.24) is 0 Å². The predicted octanol–water partition coefficient (Wildman–Crippen LogP) is 3.63. The molecule has 1 saturated carbocycles. The molecule has 1 fully saturated rings. The Morgan fingerprint density at radius 3 is 2.47 bits per heavy atom. The Bertz CT molecular complexity index is 231. The van der Waals surface area contributed by atoms with Crippen LogP contribution in [0.4, 0.5) is 0 Å². The summed E-state index contributed by atoms with van der Waals surface area (Å²) in [6.45, 7) is 8.54. The van der Waals surface area contributed by atoms with Crippen molar-refractivity contribution in [2.45, 2.75) is 65.1 Å². The Morgan fingerprint density at radius 1 is 1.33 bits per heavy atom. The molecule has 3 atom stereocenters. The highest BCUT2D eigenvalue weighted by Crippen LogP contribution is 2.33. The van der Waals surface area contributed by atoms with Crippen molar-refractivity contribution in [2.24, 2.45) is 11.8 Å². The maximum absolute atomic E-state index is 5.94. The van der Waals surface area contributed by atoms with Gasteiger partial charge in [0.15, 0.2) is 0 Å². The van der Waals surface area contributed by atoms with Gasteiger partial charge in [0.05, 0.1) is 5.60 Å². The van der Waals surface area contributed by atoms with E-state index in [1.165, 1.54) is 25.7 Å². The molecule has 1 aliphatic rings. The van der Waals surface area contributed by atoms with E-state index in [0.29, 0.717) is 5.92 Å². The zero-order valence-corrected chi connectivity index (χ0v) is 10.5. The van der Waals surface area contributed by atoms with Gasteiger partial charge in [0, 0.05) is 0 Å². The molecular weight excluding hydrogens is 184 g/mol. The maximum atomic E-state index is 5.94. The lowest BCUT2D eigenvalue weighted by molar-refractivity contribution is -0.0661. The Hall–Kier alpha value is -0.480. The van der Waals surface area contributed by atoms with Crippen LogP contribution in [0.25, 0.3) is 0 Å². The zero-order chi connectivity index (χ0) is 11.5. The predicted molar refractivity (Wildman–Crippen MR) is 64.6 cm³/mol. The van der Waals surface area contributed by atoms with Gasteiger partial charge in [-0.2, -0.15) is 0 Å². The van der Waals surface area contributed by atoms with Gasteiger partial charge in [-0.1, -0.05) is 25.7 Å². The molecule has 0 saturated heterocycles. The maximum Gasteiger partial charge on any atom is 0.121 e. The Morgan fingerprint density at radius 2 is 2.00 bits per heavy atom. The minimum Gasteiger partial charge on any atom is -0.360 e. The second-order valence-corrected chi connectivity index (χ2v) is 5.85. The van der Waals surface area contributed by atoms with E-state index in [9.17, 15) is 0 Å². The molecule has 0 N–H and O–H groups in total. The van der Waals surface area contributed by atoms with Crippen LogP contribution < -0.4 is 0 Å². The van der Waals surface area contributed by atoms with Crippen LogP contribution in [-0.4, -0.2) is 11.7 Å². The molecule has 1 nitrogen and oxygen atoms in total. The quantitative estimate of drug-likeness (QED) is 0.630. The summed E-state index contributed by atoms with van der Waals surface area (Å²) in [5.41, 5.74) is -0.127. The third-order valence-corrected chi connectivity index (χ3v) is 3.05. The number of hydrogen-bond acceptors (Lipinski definition) is 1. The van der Waals surface area contributed by atoms with Crippen molar-refractivity contribution in [3.05, 3.63) is 0 Å². The summed E-state index contributed by atoms with van der Waals surface area (Å²) in [7, 11) is 0. The lowest BCUT2D eigenvalue weighted by atomic mass is 9.79. The van der Waals surface area contributed by atoms with Crippen LogP contribution in [0.15, 0.2) is 0 Å². The lowest BCUT2D eigenvalue weighted by Gasteiger charge is -2.34. The number of terminal acetylenes is 1. The molecule has 0 aromatic rings. The fourth-order valence-corrected chi connectivity index (χ4v) is 2.40. The molecule has 0 aromatic carbocycles. The van der Waals surface area contributed by atoms with E-state index in [2.05, 4.69) is 33.6 Å². The van der Waals surface area contributed by atoms with Gasteiger partial charge in [-0.15, -0.1) is 6.42 Å². The van der Waals surface area contributed by atoms with Crippen LogP contribution in [0.1, 0.15) is 53.4 Å². The van der Waals surface area contributed by atoms with E-state index < -0.39 is 0 Å². The summed E-state index contributed by atoms with van der Waals surface area (Å²) in [5.74, 6) is 4.20. The van der Waals surface area contributed by atoms with Crippen LogP contribution in [-0.2, 0) is 4.74 Å². The minimum absolute atomic E-state index is 0.00718. The summed E-state index contributed by atoms with van der Waals surface area (Å²) in [4.78, 5) is 0. The molecule has 0 amide bonds. The number of hydrogen-bond donors (Lipinski definition) is 0. The Labute approximate surface area is 94.6 Å². The third kappa shape index (κ3) is 4.26. The van der Waals surface area contributed by atoms with E-state index in [1.54, 1.807) is 0 Å². The molecule has 3 unspecified atom stereocenters. The molecule has 0 aromatic heterocycles. The van der Waals surface area contributed by atoms with Crippen molar-refractivity contribution in [3.63, 3.8) is 0 Å². The van der Waals surface area contributed by atoms with Crippen LogP contribution in [0, 0.1) is 24.2 Å². The Kier molecular flexibility index (Phi) is 4.22. The van der Waals surface area contributed by atoms with Crippen molar-refractivity contribution in [3.8, 4) is 12.3 Å². The van der Waals surface area contributed by atoms with Gasteiger partial charge >= 0.3 is 0 Å². The van der Waals surface area contributed by atoms with Crippen molar-refractivity contribution >= 4 is 0 Å². The molecule has 0 aliphatic heterocycles. The summed E-state index contributed by atoms with van der Waals surface area (Å²) in [6.07, 6.45) is 10.7. The Balaban J connectivity index is 2.55. The fourth-order valence-electron chi connectivity index (χ4n) is 2.40. The SMILES string of the molecule is C#CC(OC(C)(C)C)C1CCCC(C)C1. The monoisotopic (exact) mass is 208 g/mol. The molecule has 1 rings (SSSR count). The highest BCUT2D eigenvalue weighted by molar-refractivity contribution is 5.00. The smallest absolute Gasteiger partial charge is 0.121 e. The third-order valence-electron chi connectivity index (χ3n) is 3.05. The van der Waals surface area contributed by atoms with Gasteiger partial charge in [0.25, 0.3) is 0 Å². The fraction of sp³-hybridized carbons (Fsp3) is 0.857. The van der Waals surface area contributed by atoms with Crippen LogP contribution in [0.3, 0.4) is 0 Å². The van der Waals surface area contributed by atoms with Gasteiger partial charge in [0.2, 0.25) is 0 Å². The first-order valence-corrected chi connectivity index (χ1v) is 6.06. The summed E-state index contributed by atoms with van der Waals surface area (Å²) >= 11 is 0. The number of ether oxygens (including phenoxy) is 1. The average Bonchev–Trinajstić information content (AvgIpc) is 2.13. The lowest BCUT2D eigenvalue weighted by Crippen LogP contribution is -2.34. The minimum atomic E-state index is -0.127. The zero-order valence-electron chi connectivity index (χ0n) is 10.5. The summed E-state index contributed by atoms with van der Waals surface area (Å²) in [6, 6.07) is 0. The molecular formula is C14H24O. The standard InChI is InChI=1S/C14H24O/c1-6-13(15-14(3,4)5)12-9-7-8-11(2)10-12/h1,11-13H,7-10H2,2-5H3. The van der Waals surface area contributed by atoms with Gasteiger partial charge in [-0.3, -0.25) is 0 Å². The van der Waals surface area contributed by atoms with Gasteiger partial charge < -0.3 is 4.74 Å². The molecule has 15 heavy (non-hydrogen) atoms. The first-order chi connectivity index (χ1) is 6.92. The van der Waals surface area contributed by atoms with E-state index in [1.807, 2.05) is 0 Å². The van der Waals surface area contributed by atoms with Crippen LogP contribution >= 0.6 is 0 Å². The highest BCUT2D eigenvalue weighted by Gasteiger charge is 2.28. The second kappa shape index (κ2) is 5.03. The molecule has 86 valence electrons. The molecule has 1 aliphatic carbocycles. The molecule has 1 heteroatoms. The largest absolute Gasteiger partial charge is 0.360 e. The summed E-state index contributed by atoms with van der Waals surface area (Å²) < 4.78 is 5.94. The average molecular weight is 208 g/mol. The summed E-state index contributed by atoms with van der Waals surface area (Å²) in [5, 5.41) is 0. The topological polar surface area (TPSA) is 9.23 Å². The van der Waals surface area contributed by atoms with Crippen LogP contribution in [0.2, 0.25) is 0 Å². The first kappa shape index (κ1) is 12.6. The van der Waals surface area contributed by atoms with Crippen molar-refractivity contribution < 1.29 is 4.74 Å². The number of rotatable bonds is 2. The van der Waals surface area contributed by atoms with E-state index in [-0.39, 0.29) is 11.7 Å². The van der Waals surface area contributed by atoms with Crippen molar-refractivity contribution in [1.29, 1.82) is 0 Å². The van der Waals surface area contributed by atoms with Gasteiger partial charge in [-0.25, -0.2) is 0 Å². The molecule has 0 spiro atoms. The van der Waals surface area contributed by atoms with Crippen LogP contribution in [0.5, 0.6) is 0 Å². The van der Waals surface area contributed by atoms with E-state index in [0.717, 1.165) is 5.92 Å². The van der Waals surface area contributed by atoms with Gasteiger partial charge in [-0.05, 0) is 45.4 Å². The molecule has 0 radical (unpaired) electrons. The molecule has 0 heterocycles. The van der Waals surface area contributed by atoms with Gasteiger partial charge in [0.1, 0.15) is 6.10 Å². The first-order valence-electron chi connectivity index (χ1n) is 6.06. The highest BCUT2D eigenvalue weighted by atomic mass is 16.5. The second-order valence-electron chi connectivity index (χ2n) is 5.85. The van der Waals surface area contributed by atoms with Crippen molar-refractivity contribution in [2.75, 3.05) is 0 Å². The van der Waals surface area contributed by atoms with E-state index in [4.69, 9.17) is 11.2 Å². The molecule has 0 bridgehead atoms.